The van der Waals surface area contributed by atoms with Crippen LogP contribution in [0.5, 0.6) is 0 Å². The summed E-state index contributed by atoms with van der Waals surface area (Å²) in [4.78, 5) is 34.3. The number of carbonyl (C=O) groups is 3. The Morgan fingerprint density at radius 1 is 0.944 bits per heavy atom. The van der Waals surface area contributed by atoms with Gasteiger partial charge in [0.05, 0.1) is 11.4 Å². The molecular weight excluding hydrogens is 456 g/mol. The third kappa shape index (κ3) is 6.70. The summed E-state index contributed by atoms with van der Waals surface area (Å²) in [7, 11) is 0. The van der Waals surface area contributed by atoms with E-state index in [9.17, 15) is 9.59 Å². The zero-order chi connectivity index (χ0) is 25.9. The Morgan fingerprint density at radius 2 is 1.69 bits per heavy atom. The van der Waals surface area contributed by atoms with Crippen LogP contribution in [0.1, 0.15) is 56.7 Å². The molecule has 0 saturated heterocycles. The molecule has 0 bridgehead atoms. The molecule has 0 saturated carbocycles. The van der Waals surface area contributed by atoms with Gasteiger partial charge in [0, 0.05) is 28.9 Å². The van der Waals surface area contributed by atoms with Crippen LogP contribution in [0.4, 0.5) is 17.1 Å². The second-order valence-electron chi connectivity index (χ2n) is 8.50. The number of rotatable bonds is 8. The Labute approximate surface area is 210 Å². The maximum absolute atomic E-state index is 13.4. The van der Waals surface area contributed by atoms with Gasteiger partial charge in [0.2, 0.25) is 0 Å². The lowest BCUT2D eigenvalue weighted by Crippen LogP contribution is -2.25. The number of amides is 1. The number of hydrogen-bond acceptors (Lipinski definition) is 6. The Morgan fingerprint density at radius 3 is 2.44 bits per heavy atom. The van der Waals surface area contributed by atoms with E-state index in [1.807, 2.05) is 54.6 Å². The molecule has 3 aromatic carbocycles. The highest BCUT2D eigenvalue weighted by Gasteiger charge is 2.23. The number of para-hydroxylation sites is 2. The molecule has 0 aromatic heterocycles. The molecule has 0 fully saturated rings. The van der Waals surface area contributed by atoms with Crippen molar-refractivity contribution < 1.29 is 19.5 Å². The number of hydrogen-bond donors (Lipinski definition) is 5. The summed E-state index contributed by atoms with van der Waals surface area (Å²) in [6.07, 6.45) is 4.33. The molecule has 0 heterocycles. The number of carbonyl (C=O) groups excluding carboxylic acids is 2. The molecule has 1 aliphatic carbocycles. The number of aryl methyl sites for hydroxylation is 2. The smallest absolute Gasteiger partial charge is 0.290 e. The number of nitrogens with one attached hydrogen (secondary N) is 2. The van der Waals surface area contributed by atoms with Crippen LogP contribution in [0.15, 0.2) is 60.7 Å². The molecule has 0 unspecified atom stereocenters. The van der Waals surface area contributed by atoms with E-state index in [0.717, 1.165) is 54.6 Å². The van der Waals surface area contributed by atoms with Crippen molar-refractivity contribution in [3.8, 4) is 0 Å². The molecule has 0 spiro atoms. The number of nitrogens with two attached hydrogens (primary N) is 2. The van der Waals surface area contributed by atoms with Gasteiger partial charge in [-0.15, -0.1) is 0 Å². The molecule has 4 rings (SSSR count). The zero-order valence-corrected chi connectivity index (χ0v) is 20.1. The van der Waals surface area contributed by atoms with Gasteiger partial charge in [-0.25, -0.2) is 0 Å². The van der Waals surface area contributed by atoms with Crippen molar-refractivity contribution in [3.05, 3.63) is 88.5 Å². The van der Waals surface area contributed by atoms with E-state index in [4.69, 9.17) is 21.4 Å². The summed E-state index contributed by atoms with van der Waals surface area (Å²) in [5.41, 5.74) is 17.7. The second kappa shape index (κ2) is 13.1. The number of benzene rings is 3. The van der Waals surface area contributed by atoms with E-state index in [2.05, 4.69) is 10.6 Å². The minimum Gasteiger partial charge on any atom is -0.483 e. The van der Waals surface area contributed by atoms with Gasteiger partial charge in [0.1, 0.15) is 0 Å². The average Bonchev–Trinajstić information content (AvgIpc) is 3.01. The van der Waals surface area contributed by atoms with Crippen LogP contribution in [-0.2, 0) is 17.6 Å². The number of unbranched alkanes of at least 4 members (excludes halogenated alkanes) is 2. The third-order valence-corrected chi connectivity index (χ3v) is 6.04. The Hall–Kier alpha value is -4.17. The number of nitrogen functional groups attached to an aromatic ring is 1. The third-order valence-electron chi connectivity index (χ3n) is 6.04. The SMILES string of the molecule is NCCCCCNC(=O)c1ccc2c(c1)C(=O)c1ccc(Nc3ccccc3N)cc1CC2.O=CO. The van der Waals surface area contributed by atoms with E-state index >= 15 is 0 Å². The van der Waals surface area contributed by atoms with Crippen molar-refractivity contribution in [1.29, 1.82) is 0 Å². The van der Waals surface area contributed by atoms with Crippen molar-refractivity contribution in [3.63, 3.8) is 0 Å². The van der Waals surface area contributed by atoms with Gasteiger partial charge in [-0.3, -0.25) is 14.4 Å². The minimum atomic E-state index is -0.250. The first-order chi connectivity index (χ1) is 17.5. The van der Waals surface area contributed by atoms with Crippen LogP contribution in [0.25, 0.3) is 0 Å². The highest BCUT2D eigenvalue weighted by molar-refractivity contribution is 6.12. The first-order valence-electron chi connectivity index (χ1n) is 12.0. The van der Waals surface area contributed by atoms with Gasteiger partial charge < -0.3 is 27.2 Å². The molecule has 0 atom stereocenters. The van der Waals surface area contributed by atoms with Crippen LogP contribution < -0.4 is 22.1 Å². The molecule has 8 nitrogen and oxygen atoms in total. The number of anilines is 3. The summed E-state index contributed by atoms with van der Waals surface area (Å²) < 4.78 is 0. The molecule has 8 heteroatoms. The topological polar surface area (TPSA) is 148 Å². The highest BCUT2D eigenvalue weighted by Crippen LogP contribution is 2.29. The first-order valence-corrected chi connectivity index (χ1v) is 12.0. The zero-order valence-electron chi connectivity index (χ0n) is 20.1. The van der Waals surface area contributed by atoms with E-state index in [1.165, 1.54) is 0 Å². The largest absolute Gasteiger partial charge is 0.483 e. The van der Waals surface area contributed by atoms with Gasteiger partial charge >= 0.3 is 0 Å². The predicted molar refractivity (Wildman–Crippen MR) is 142 cm³/mol. The van der Waals surface area contributed by atoms with Gasteiger partial charge in [-0.05, 0) is 85.8 Å². The van der Waals surface area contributed by atoms with Crippen LogP contribution in [0.2, 0.25) is 0 Å². The Balaban J connectivity index is 0.00000115. The number of fused-ring (bicyclic) bond motifs is 2. The van der Waals surface area contributed by atoms with Gasteiger partial charge in [-0.2, -0.15) is 0 Å². The predicted octanol–water partition coefficient (Wildman–Crippen LogP) is 3.90. The Kier molecular flexibility index (Phi) is 9.59. The molecule has 1 aliphatic rings. The van der Waals surface area contributed by atoms with Gasteiger partial charge in [0.25, 0.3) is 12.4 Å². The molecule has 36 heavy (non-hydrogen) atoms. The molecule has 0 radical (unpaired) electrons. The highest BCUT2D eigenvalue weighted by atomic mass is 16.3. The monoisotopic (exact) mass is 488 g/mol. The van der Waals surface area contributed by atoms with Gasteiger partial charge in [0.15, 0.2) is 5.78 Å². The number of carboxylic acid groups (broad SMARTS) is 1. The fourth-order valence-electron chi connectivity index (χ4n) is 4.18. The summed E-state index contributed by atoms with van der Waals surface area (Å²) in [5.74, 6) is -0.191. The fraction of sp³-hybridized carbons (Fsp3) is 0.250. The fourth-order valence-corrected chi connectivity index (χ4v) is 4.18. The van der Waals surface area contributed by atoms with Crippen molar-refractivity contribution >= 4 is 35.2 Å². The standard InChI is InChI=1S/C27H30N4O2.CH2O2/c28-14-4-1-5-15-30-27(33)20-11-9-18-8-10-19-16-21(31-25-7-3-2-6-24(25)29)12-13-22(19)26(32)23(18)17-20;2-1-3/h2-3,6-7,9,11-13,16-17,31H,1,4-5,8,10,14-15,28-29H2,(H,30,33);1H,(H,2,3). The summed E-state index contributed by atoms with van der Waals surface area (Å²) in [6, 6.07) is 18.8. The summed E-state index contributed by atoms with van der Waals surface area (Å²) in [5, 5.41) is 13.2. The lowest BCUT2D eigenvalue weighted by Gasteiger charge is -2.12. The quantitative estimate of drug-likeness (QED) is 0.183. The van der Waals surface area contributed by atoms with E-state index < -0.39 is 0 Å². The van der Waals surface area contributed by atoms with Crippen LogP contribution in [0.3, 0.4) is 0 Å². The maximum atomic E-state index is 13.4. The van der Waals surface area contributed by atoms with Crippen molar-refractivity contribution in [2.75, 3.05) is 24.1 Å². The summed E-state index contributed by atoms with van der Waals surface area (Å²) >= 11 is 0. The normalized spacial score (nSPS) is 11.8. The first kappa shape index (κ1) is 26.4. The van der Waals surface area contributed by atoms with Crippen molar-refractivity contribution in [2.24, 2.45) is 5.73 Å². The van der Waals surface area contributed by atoms with Crippen LogP contribution >= 0.6 is 0 Å². The molecule has 188 valence electrons. The Bertz CT molecular complexity index is 1230. The van der Waals surface area contributed by atoms with E-state index in [-0.39, 0.29) is 18.2 Å². The average molecular weight is 489 g/mol. The van der Waals surface area contributed by atoms with Crippen molar-refractivity contribution in [1.82, 2.24) is 5.32 Å². The lowest BCUT2D eigenvalue weighted by molar-refractivity contribution is -0.122. The van der Waals surface area contributed by atoms with Crippen LogP contribution in [0, 0.1) is 0 Å². The molecular formula is C28H32N4O4. The number of ketones is 1. The lowest BCUT2D eigenvalue weighted by atomic mass is 9.96. The van der Waals surface area contributed by atoms with Crippen LogP contribution in [-0.4, -0.2) is 36.4 Å². The minimum absolute atomic E-state index is 0.0409. The van der Waals surface area contributed by atoms with E-state index in [1.54, 1.807) is 6.07 Å². The molecule has 3 aromatic rings. The van der Waals surface area contributed by atoms with E-state index in [0.29, 0.717) is 35.5 Å². The molecule has 7 N–H and O–H groups in total. The molecule has 0 aliphatic heterocycles. The maximum Gasteiger partial charge on any atom is 0.290 e. The summed E-state index contributed by atoms with van der Waals surface area (Å²) in [6.45, 7) is 1.02. The molecule has 1 amide bonds. The van der Waals surface area contributed by atoms with Crippen molar-refractivity contribution in [2.45, 2.75) is 32.1 Å². The second-order valence-corrected chi connectivity index (χ2v) is 8.50. The van der Waals surface area contributed by atoms with Gasteiger partial charge in [-0.1, -0.05) is 24.6 Å².